The number of hydrogen-bond donors (Lipinski definition) is 1. The standard InChI is InChI=1S/C32H29N3OS/c1-22-9-12-26(13-10-22)21-36-29-17-14-25(15-18-29)20-33-35-32-34-30(28-16-11-23(2)24(3)19-28)31(37-32)27-7-5-4-6-8-27/h4-20H,21H2,1-3H3,(H,34,35)/b33-20-. The van der Waals surface area contributed by atoms with Crippen molar-refractivity contribution in [3.05, 3.63) is 125 Å². The van der Waals surface area contributed by atoms with Crippen molar-refractivity contribution in [2.24, 2.45) is 5.10 Å². The lowest BCUT2D eigenvalue weighted by Crippen LogP contribution is -1.95. The van der Waals surface area contributed by atoms with Crippen LogP contribution < -0.4 is 10.2 Å². The maximum Gasteiger partial charge on any atom is 0.204 e. The van der Waals surface area contributed by atoms with Crippen molar-refractivity contribution in [3.63, 3.8) is 0 Å². The number of benzene rings is 4. The molecule has 5 heteroatoms. The second-order valence-corrected chi connectivity index (χ2v) is 10.1. The van der Waals surface area contributed by atoms with Crippen LogP contribution in [0.4, 0.5) is 5.13 Å². The molecule has 0 aliphatic heterocycles. The van der Waals surface area contributed by atoms with E-state index in [4.69, 9.17) is 9.72 Å². The Morgan fingerprint density at radius 1 is 0.811 bits per heavy atom. The number of aromatic nitrogens is 1. The van der Waals surface area contributed by atoms with Crippen molar-refractivity contribution in [3.8, 4) is 27.4 Å². The zero-order valence-electron chi connectivity index (χ0n) is 21.2. The molecule has 184 valence electrons. The first-order chi connectivity index (χ1) is 18.0. The minimum absolute atomic E-state index is 0.548. The summed E-state index contributed by atoms with van der Waals surface area (Å²) in [5, 5.41) is 5.20. The maximum atomic E-state index is 5.91. The molecule has 0 unspecified atom stereocenters. The molecule has 0 aliphatic rings. The normalized spacial score (nSPS) is 11.1. The highest BCUT2D eigenvalue weighted by Gasteiger charge is 2.15. The van der Waals surface area contributed by atoms with Gasteiger partial charge in [0, 0.05) is 5.56 Å². The molecule has 0 saturated carbocycles. The molecule has 0 aliphatic carbocycles. The van der Waals surface area contributed by atoms with Crippen molar-refractivity contribution in [1.82, 2.24) is 4.98 Å². The van der Waals surface area contributed by atoms with Gasteiger partial charge in [-0.1, -0.05) is 83.6 Å². The molecule has 0 atom stereocenters. The van der Waals surface area contributed by atoms with Crippen LogP contribution in [0.3, 0.4) is 0 Å². The minimum atomic E-state index is 0.548. The van der Waals surface area contributed by atoms with Gasteiger partial charge in [0.15, 0.2) is 0 Å². The van der Waals surface area contributed by atoms with E-state index in [9.17, 15) is 0 Å². The van der Waals surface area contributed by atoms with Crippen LogP contribution in [0.15, 0.2) is 102 Å². The van der Waals surface area contributed by atoms with Crippen LogP contribution in [0.1, 0.15) is 27.8 Å². The fourth-order valence-electron chi connectivity index (χ4n) is 3.90. The van der Waals surface area contributed by atoms with Gasteiger partial charge >= 0.3 is 0 Å². The Hall–Kier alpha value is -4.22. The Kier molecular flexibility index (Phi) is 7.43. The van der Waals surface area contributed by atoms with Gasteiger partial charge in [0.05, 0.1) is 16.8 Å². The average molecular weight is 504 g/mol. The number of nitrogens with one attached hydrogen (secondary N) is 1. The smallest absolute Gasteiger partial charge is 0.204 e. The van der Waals surface area contributed by atoms with Crippen molar-refractivity contribution in [1.29, 1.82) is 0 Å². The average Bonchev–Trinajstić information content (AvgIpc) is 3.35. The first kappa shape index (κ1) is 24.5. The van der Waals surface area contributed by atoms with E-state index in [2.05, 4.69) is 98.0 Å². The minimum Gasteiger partial charge on any atom is -0.489 e. The summed E-state index contributed by atoms with van der Waals surface area (Å²) < 4.78 is 5.91. The summed E-state index contributed by atoms with van der Waals surface area (Å²) in [5.74, 6) is 0.830. The van der Waals surface area contributed by atoms with E-state index < -0.39 is 0 Å². The van der Waals surface area contributed by atoms with E-state index in [1.54, 1.807) is 17.6 Å². The number of hydrogen-bond acceptors (Lipinski definition) is 5. The maximum absolute atomic E-state index is 5.91. The molecule has 0 bridgehead atoms. The second kappa shape index (κ2) is 11.2. The Bertz CT molecular complexity index is 1500. The van der Waals surface area contributed by atoms with Crippen LogP contribution in [0, 0.1) is 20.8 Å². The molecule has 0 fully saturated rings. The molecule has 4 nitrogen and oxygen atoms in total. The van der Waals surface area contributed by atoms with E-state index in [0.29, 0.717) is 6.61 Å². The van der Waals surface area contributed by atoms with Crippen LogP contribution in [0.5, 0.6) is 5.75 Å². The molecule has 0 radical (unpaired) electrons. The summed E-state index contributed by atoms with van der Waals surface area (Å²) in [5.41, 5.74) is 12.2. The Balaban J connectivity index is 1.29. The Morgan fingerprint density at radius 2 is 1.57 bits per heavy atom. The predicted molar refractivity (Wildman–Crippen MR) is 156 cm³/mol. The largest absolute Gasteiger partial charge is 0.489 e. The van der Waals surface area contributed by atoms with E-state index in [1.165, 1.54) is 16.7 Å². The molecule has 0 spiro atoms. The second-order valence-electron chi connectivity index (χ2n) is 9.08. The quantitative estimate of drug-likeness (QED) is 0.171. The number of rotatable bonds is 8. The lowest BCUT2D eigenvalue weighted by molar-refractivity contribution is 0.306. The monoisotopic (exact) mass is 503 g/mol. The van der Waals surface area contributed by atoms with Crippen molar-refractivity contribution in [2.75, 3.05) is 5.43 Å². The molecule has 0 amide bonds. The van der Waals surface area contributed by atoms with Crippen molar-refractivity contribution in [2.45, 2.75) is 27.4 Å². The third kappa shape index (κ3) is 6.13. The van der Waals surface area contributed by atoms with Gasteiger partial charge in [-0.3, -0.25) is 5.43 Å². The number of anilines is 1. The van der Waals surface area contributed by atoms with Gasteiger partial charge in [0.2, 0.25) is 5.13 Å². The van der Waals surface area contributed by atoms with Gasteiger partial charge in [0.25, 0.3) is 0 Å². The molecule has 1 aromatic heterocycles. The summed E-state index contributed by atoms with van der Waals surface area (Å²) in [4.78, 5) is 6.03. The lowest BCUT2D eigenvalue weighted by atomic mass is 10.0. The molecule has 1 N–H and O–H groups in total. The fourth-order valence-corrected chi connectivity index (χ4v) is 4.84. The van der Waals surface area contributed by atoms with Crippen LogP contribution in [0.25, 0.3) is 21.7 Å². The van der Waals surface area contributed by atoms with Gasteiger partial charge in [-0.25, -0.2) is 4.98 Å². The fraction of sp³-hybridized carbons (Fsp3) is 0.125. The van der Waals surface area contributed by atoms with Crippen LogP contribution in [-0.2, 0) is 6.61 Å². The molecule has 0 saturated heterocycles. The van der Waals surface area contributed by atoms with E-state index >= 15 is 0 Å². The van der Waals surface area contributed by atoms with Gasteiger partial charge in [-0.15, -0.1) is 0 Å². The van der Waals surface area contributed by atoms with Gasteiger partial charge < -0.3 is 4.74 Å². The highest BCUT2D eigenvalue weighted by Crippen LogP contribution is 2.39. The lowest BCUT2D eigenvalue weighted by Gasteiger charge is -2.06. The van der Waals surface area contributed by atoms with Crippen LogP contribution in [0.2, 0.25) is 0 Å². The van der Waals surface area contributed by atoms with E-state index in [0.717, 1.165) is 43.7 Å². The zero-order chi connectivity index (χ0) is 25.6. The first-order valence-corrected chi connectivity index (χ1v) is 13.1. The number of aryl methyl sites for hydroxylation is 3. The molecular formula is C32H29N3OS. The van der Waals surface area contributed by atoms with E-state index in [1.807, 2.05) is 30.3 Å². The summed E-state index contributed by atoms with van der Waals surface area (Å²) in [6.07, 6.45) is 1.79. The number of hydrazone groups is 1. The predicted octanol–water partition coefficient (Wildman–Crippen LogP) is 8.43. The zero-order valence-corrected chi connectivity index (χ0v) is 22.0. The number of thiazole rings is 1. The van der Waals surface area contributed by atoms with Crippen LogP contribution in [-0.4, -0.2) is 11.2 Å². The molecule has 5 rings (SSSR count). The van der Waals surface area contributed by atoms with E-state index in [-0.39, 0.29) is 0 Å². The van der Waals surface area contributed by atoms with Crippen molar-refractivity contribution < 1.29 is 4.74 Å². The number of nitrogens with zero attached hydrogens (tertiary/aromatic N) is 2. The SMILES string of the molecule is Cc1ccc(COc2ccc(/C=N\Nc3nc(-c4ccc(C)c(C)c4)c(-c4ccccc4)s3)cc2)cc1. The molecule has 4 aromatic carbocycles. The topological polar surface area (TPSA) is 46.5 Å². The van der Waals surface area contributed by atoms with Gasteiger partial charge in [-0.2, -0.15) is 5.10 Å². The highest BCUT2D eigenvalue weighted by atomic mass is 32.1. The summed E-state index contributed by atoms with van der Waals surface area (Å²) in [7, 11) is 0. The van der Waals surface area contributed by atoms with Gasteiger partial charge in [0.1, 0.15) is 12.4 Å². The molecule has 5 aromatic rings. The van der Waals surface area contributed by atoms with Crippen LogP contribution >= 0.6 is 11.3 Å². The summed E-state index contributed by atoms with van der Waals surface area (Å²) in [6, 6.07) is 33.2. The molecule has 37 heavy (non-hydrogen) atoms. The Labute approximate surface area is 222 Å². The Morgan fingerprint density at radius 3 is 2.30 bits per heavy atom. The third-order valence-electron chi connectivity index (χ3n) is 6.22. The first-order valence-electron chi connectivity index (χ1n) is 12.3. The summed E-state index contributed by atoms with van der Waals surface area (Å²) in [6.45, 7) is 6.89. The number of ether oxygens (including phenoxy) is 1. The van der Waals surface area contributed by atoms with Crippen molar-refractivity contribution >= 4 is 22.7 Å². The summed E-state index contributed by atoms with van der Waals surface area (Å²) >= 11 is 1.60. The van der Waals surface area contributed by atoms with Gasteiger partial charge in [-0.05, 0) is 78.9 Å². The third-order valence-corrected chi connectivity index (χ3v) is 7.23. The highest BCUT2D eigenvalue weighted by molar-refractivity contribution is 7.19. The molecule has 1 heterocycles. The molecular weight excluding hydrogens is 474 g/mol.